The lowest BCUT2D eigenvalue weighted by molar-refractivity contribution is -0.385. The highest BCUT2D eigenvalue weighted by molar-refractivity contribution is 7.89. The lowest BCUT2D eigenvalue weighted by Gasteiger charge is -2.16. The van der Waals surface area contributed by atoms with E-state index in [-0.39, 0.29) is 28.9 Å². The summed E-state index contributed by atoms with van der Waals surface area (Å²) in [6.45, 7) is 3.26. The monoisotopic (exact) mass is 349 g/mol. The van der Waals surface area contributed by atoms with Gasteiger partial charge in [0.25, 0.3) is 5.69 Å². The van der Waals surface area contributed by atoms with Gasteiger partial charge in [-0.1, -0.05) is 6.07 Å². The molecule has 1 N–H and O–H groups in total. The Bertz CT molecular complexity index is 651. The molecule has 0 aromatic heterocycles. The summed E-state index contributed by atoms with van der Waals surface area (Å²) in [5.41, 5.74) is 0.287. The van der Waals surface area contributed by atoms with E-state index >= 15 is 0 Å². The average molecular weight is 350 g/mol. The van der Waals surface area contributed by atoms with Crippen molar-refractivity contribution in [1.82, 2.24) is 9.62 Å². The smallest absolute Gasteiger partial charge is 0.273 e. The van der Waals surface area contributed by atoms with Crippen LogP contribution >= 0.6 is 12.4 Å². The summed E-state index contributed by atoms with van der Waals surface area (Å²) in [6, 6.07) is 4.06. The molecule has 22 heavy (non-hydrogen) atoms. The number of nitrogens with one attached hydrogen (secondary N) is 1. The van der Waals surface area contributed by atoms with Crippen LogP contribution in [0.4, 0.5) is 5.69 Å². The number of aryl methyl sites for hydroxylation is 1. The van der Waals surface area contributed by atoms with Crippen LogP contribution in [0.2, 0.25) is 0 Å². The third-order valence-electron chi connectivity index (χ3n) is 3.76. The van der Waals surface area contributed by atoms with E-state index in [4.69, 9.17) is 0 Å². The molecule has 1 aliphatic rings. The molecule has 1 aliphatic heterocycles. The number of hydrogen-bond acceptors (Lipinski definition) is 5. The first-order chi connectivity index (χ1) is 9.86. The van der Waals surface area contributed by atoms with E-state index in [0.717, 1.165) is 19.0 Å². The van der Waals surface area contributed by atoms with Crippen molar-refractivity contribution in [2.45, 2.75) is 18.2 Å². The topological polar surface area (TPSA) is 92.6 Å². The Morgan fingerprint density at radius 1 is 1.45 bits per heavy atom. The van der Waals surface area contributed by atoms with Gasteiger partial charge in [0.1, 0.15) is 0 Å². The first-order valence-corrected chi connectivity index (χ1v) is 8.20. The van der Waals surface area contributed by atoms with Crippen LogP contribution in [0.25, 0.3) is 0 Å². The highest BCUT2D eigenvalue weighted by atomic mass is 35.5. The summed E-state index contributed by atoms with van der Waals surface area (Å²) in [7, 11) is -1.83. The number of nitro groups is 1. The highest BCUT2D eigenvalue weighted by Crippen LogP contribution is 2.27. The predicted molar refractivity (Wildman–Crippen MR) is 85.9 cm³/mol. The van der Waals surface area contributed by atoms with Gasteiger partial charge >= 0.3 is 0 Å². The minimum absolute atomic E-state index is 0. The maximum absolute atomic E-state index is 12.6. The third-order valence-corrected chi connectivity index (χ3v) is 5.62. The zero-order valence-corrected chi connectivity index (χ0v) is 14.1. The molecule has 9 heteroatoms. The number of rotatable bonds is 5. The fourth-order valence-corrected chi connectivity index (χ4v) is 4.12. The molecule has 0 bridgehead atoms. The average Bonchev–Trinajstić information content (AvgIpc) is 2.88. The number of hydrogen-bond donors (Lipinski definition) is 1. The molecular weight excluding hydrogens is 330 g/mol. The highest BCUT2D eigenvalue weighted by Gasteiger charge is 2.33. The molecule has 0 saturated carbocycles. The quantitative estimate of drug-likeness (QED) is 0.643. The molecule has 124 valence electrons. The molecule has 1 aromatic carbocycles. The van der Waals surface area contributed by atoms with E-state index in [9.17, 15) is 18.5 Å². The second kappa shape index (κ2) is 7.36. The van der Waals surface area contributed by atoms with Crippen LogP contribution in [0.3, 0.4) is 0 Å². The van der Waals surface area contributed by atoms with Crippen LogP contribution in [0.1, 0.15) is 12.0 Å². The number of halogens is 1. The van der Waals surface area contributed by atoms with Gasteiger partial charge in [0.05, 0.1) is 9.82 Å². The molecule has 1 heterocycles. The maximum atomic E-state index is 12.6. The lowest BCUT2D eigenvalue weighted by atomic mass is 10.1. The van der Waals surface area contributed by atoms with Crippen LogP contribution < -0.4 is 5.32 Å². The second-order valence-electron chi connectivity index (χ2n) is 5.28. The van der Waals surface area contributed by atoms with Crippen LogP contribution in [0.5, 0.6) is 0 Å². The van der Waals surface area contributed by atoms with Crippen molar-refractivity contribution in [2.75, 3.05) is 26.7 Å². The van der Waals surface area contributed by atoms with Crippen LogP contribution in [-0.4, -0.2) is 44.3 Å². The summed E-state index contributed by atoms with van der Waals surface area (Å²) in [6.07, 6.45) is 0.800. The van der Waals surface area contributed by atoms with Crippen molar-refractivity contribution in [3.8, 4) is 0 Å². The number of nitrogens with zero attached hydrogens (tertiary/aromatic N) is 2. The second-order valence-corrected chi connectivity index (χ2v) is 7.22. The molecular formula is C13H20ClN3O4S. The Hall–Kier alpha value is -1.22. The Kier molecular flexibility index (Phi) is 6.30. The van der Waals surface area contributed by atoms with Gasteiger partial charge in [0.2, 0.25) is 10.0 Å². The Labute approximate surface area is 136 Å². The van der Waals surface area contributed by atoms with Gasteiger partial charge < -0.3 is 5.32 Å². The zero-order valence-electron chi connectivity index (χ0n) is 12.5. The predicted octanol–water partition coefficient (Wildman–Crippen LogP) is 1.56. The van der Waals surface area contributed by atoms with Gasteiger partial charge in [0, 0.05) is 24.7 Å². The minimum Gasteiger partial charge on any atom is -0.319 e. The van der Waals surface area contributed by atoms with Crippen molar-refractivity contribution in [3.63, 3.8) is 0 Å². The SMILES string of the molecule is CNCC1CCN(S(=O)(=O)c2ccc(C)c([N+](=O)[O-])c2)C1.Cl. The maximum Gasteiger partial charge on any atom is 0.273 e. The molecule has 0 spiro atoms. The molecule has 1 fully saturated rings. The van der Waals surface area contributed by atoms with Gasteiger partial charge in [0.15, 0.2) is 0 Å². The summed E-state index contributed by atoms with van der Waals surface area (Å²) >= 11 is 0. The van der Waals surface area contributed by atoms with E-state index in [0.29, 0.717) is 18.7 Å². The zero-order chi connectivity index (χ0) is 15.6. The van der Waals surface area contributed by atoms with E-state index in [1.807, 2.05) is 7.05 Å². The summed E-state index contributed by atoms with van der Waals surface area (Å²) in [4.78, 5) is 10.4. The Morgan fingerprint density at radius 2 is 2.14 bits per heavy atom. The normalized spacial score (nSPS) is 18.9. The molecule has 0 radical (unpaired) electrons. The lowest BCUT2D eigenvalue weighted by Crippen LogP contribution is -2.30. The van der Waals surface area contributed by atoms with Crippen molar-refractivity contribution in [3.05, 3.63) is 33.9 Å². The number of benzene rings is 1. The van der Waals surface area contributed by atoms with Crippen molar-refractivity contribution in [1.29, 1.82) is 0 Å². The molecule has 1 aromatic rings. The fourth-order valence-electron chi connectivity index (χ4n) is 2.57. The number of nitro benzene ring substituents is 1. The van der Waals surface area contributed by atoms with Gasteiger partial charge in [-0.15, -0.1) is 12.4 Å². The number of sulfonamides is 1. The molecule has 1 saturated heterocycles. The van der Waals surface area contributed by atoms with Crippen LogP contribution in [0, 0.1) is 23.0 Å². The Balaban J connectivity index is 0.00000242. The van der Waals surface area contributed by atoms with Gasteiger partial charge in [-0.05, 0) is 38.9 Å². The van der Waals surface area contributed by atoms with Gasteiger partial charge in [-0.2, -0.15) is 4.31 Å². The first kappa shape index (κ1) is 18.8. The van der Waals surface area contributed by atoms with Crippen molar-refractivity contribution in [2.24, 2.45) is 5.92 Å². The Morgan fingerprint density at radius 3 is 2.73 bits per heavy atom. The van der Waals surface area contributed by atoms with Gasteiger partial charge in [-0.25, -0.2) is 8.42 Å². The van der Waals surface area contributed by atoms with E-state index < -0.39 is 14.9 Å². The molecule has 0 aliphatic carbocycles. The van der Waals surface area contributed by atoms with Crippen molar-refractivity contribution < 1.29 is 13.3 Å². The van der Waals surface area contributed by atoms with Gasteiger partial charge in [-0.3, -0.25) is 10.1 Å². The first-order valence-electron chi connectivity index (χ1n) is 6.76. The van der Waals surface area contributed by atoms with E-state index in [1.54, 1.807) is 6.92 Å². The molecule has 1 unspecified atom stereocenters. The summed E-state index contributed by atoms with van der Waals surface area (Å²) in [5, 5.41) is 14.0. The largest absolute Gasteiger partial charge is 0.319 e. The van der Waals surface area contributed by atoms with E-state index in [1.165, 1.54) is 16.4 Å². The third kappa shape index (κ3) is 3.75. The van der Waals surface area contributed by atoms with Crippen LogP contribution in [-0.2, 0) is 10.0 Å². The molecule has 2 rings (SSSR count). The minimum atomic E-state index is -3.66. The van der Waals surface area contributed by atoms with Crippen molar-refractivity contribution >= 4 is 28.1 Å². The molecule has 7 nitrogen and oxygen atoms in total. The fraction of sp³-hybridized carbons (Fsp3) is 0.538. The standard InChI is InChI=1S/C13H19N3O4S.ClH/c1-10-3-4-12(7-13(10)16(17)18)21(19,20)15-6-5-11(9-15)8-14-2;/h3-4,7,11,14H,5-6,8-9H2,1-2H3;1H. The molecule has 0 amide bonds. The van der Waals surface area contributed by atoms with E-state index in [2.05, 4.69) is 5.32 Å². The van der Waals surface area contributed by atoms with Crippen LogP contribution in [0.15, 0.2) is 23.1 Å². The molecule has 1 atom stereocenters. The summed E-state index contributed by atoms with van der Waals surface area (Å²) in [5.74, 6) is 0.283. The summed E-state index contributed by atoms with van der Waals surface area (Å²) < 4.78 is 26.5.